The highest BCUT2D eigenvalue weighted by Gasteiger charge is 2.05. The maximum Gasteiger partial charge on any atom is 0.321 e. The van der Waals surface area contributed by atoms with Gasteiger partial charge >= 0.3 is 6.01 Å². The van der Waals surface area contributed by atoms with Gasteiger partial charge in [0.25, 0.3) is 0 Å². The number of nitrogens with zero attached hydrogens (tertiary/aromatic N) is 2. The van der Waals surface area contributed by atoms with E-state index in [1.165, 1.54) is 0 Å². The van der Waals surface area contributed by atoms with Gasteiger partial charge in [-0.2, -0.15) is 0 Å². The highest BCUT2D eigenvalue weighted by molar-refractivity contribution is 9.11. The molecule has 0 bridgehead atoms. The number of hydrogen-bond donors (Lipinski definition) is 0. The maximum absolute atomic E-state index is 5.65. The van der Waals surface area contributed by atoms with Gasteiger partial charge in [0.2, 0.25) is 0 Å². The van der Waals surface area contributed by atoms with Crippen molar-refractivity contribution in [3.63, 3.8) is 0 Å². The van der Waals surface area contributed by atoms with Crippen molar-refractivity contribution in [2.45, 2.75) is 5.88 Å². The van der Waals surface area contributed by atoms with Crippen LogP contribution in [0.3, 0.4) is 0 Å². The van der Waals surface area contributed by atoms with Crippen LogP contribution in [0.1, 0.15) is 5.56 Å². The van der Waals surface area contributed by atoms with E-state index in [1.807, 2.05) is 18.2 Å². The molecule has 0 unspecified atom stereocenters. The van der Waals surface area contributed by atoms with Crippen molar-refractivity contribution in [2.75, 3.05) is 0 Å². The third kappa shape index (κ3) is 3.40. The van der Waals surface area contributed by atoms with Crippen molar-refractivity contribution in [3.05, 3.63) is 45.1 Å². The minimum Gasteiger partial charge on any atom is -0.423 e. The molecule has 0 N–H and O–H groups in total. The molecule has 0 aliphatic heterocycles. The molecule has 0 spiro atoms. The normalized spacial score (nSPS) is 10.3. The van der Waals surface area contributed by atoms with E-state index >= 15 is 0 Å². The Morgan fingerprint density at radius 1 is 1.18 bits per heavy atom. The number of rotatable bonds is 3. The first kappa shape index (κ1) is 12.8. The fourth-order valence-corrected chi connectivity index (χ4v) is 2.39. The lowest BCUT2D eigenvalue weighted by Gasteiger charge is -2.06. The number of hydrogen-bond acceptors (Lipinski definition) is 3. The van der Waals surface area contributed by atoms with E-state index in [0.717, 1.165) is 14.5 Å². The van der Waals surface area contributed by atoms with Crippen molar-refractivity contribution in [1.82, 2.24) is 9.97 Å². The van der Waals surface area contributed by atoms with E-state index in [1.54, 1.807) is 12.4 Å². The summed E-state index contributed by atoms with van der Waals surface area (Å²) in [6.07, 6.45) is 3.28. The molecule has 1 aromatic carbocycles. The van der Waals surface area contributed by atoms with Gasteiger partial charge in [-0.05, 0) is 34.1 Å². The maximum atomic E-state index is 5.65. The Balaban J connectivity index is 2.19. The van der Waals surface area contributed by atoms with Crippen LogP contribution in [0, 0.1) is 0 Å². The molecule has 0 atom stereocenters. The van der Waals surface area contributed by atoms with Crippen LogP contribution in [0.15, 0.2) is 39.5 Å². The standard InChI is InChI=1S/C11H7Br2ClN2O/c12-8-1-2-10(9(13)3-8)17-11-15-5-7(4-14)6-16-11/h1-3,5-6H,4H2. The molecule has 3 nitrogen and oxygen atoms in total. The minimum atomic E-state index is 0.293. The summed E-state index contributed by atoms with van der Waals surface area (Å²) in [5.41, 5.74) is 0.855. The molecule has 1 aromatic heterocycles. The molecule has 0 aliphatic rings. The van der Waals surface area contributed by atoms with Crippen LogP contribution in [0.5, 0.6) is 11.8 Å². The van der Waals surface area contributed by atoms with Crippen molar-refractivity contribution < 1.29 is 4.74 Å². The van der Waals surface area contributed by atoms with Crippen LogP contribution in [-0.4, -0.2) is 9.97 Å². The Labute approximate surface area is 120 Å². The molecule has 0 saturated carbocycles. The quantitative estimate of drug-likeness (QED) is 0.736. The molecular weight excluding hydrogens is 371 g/mol. The van der Waals surface area contributed by atoms with Gasteiger partial charge in [-0.1, -0.05) is 15.9 Å². The van der Waals surface area contributed by atoms with Gasteiger partial charge in [-0.3, -0.25) is 0 Å². The molecule has 2 rings (SSSR count). The zero-order valence-electron chi connectivity index (χ0n) is 8.53. The van der Waals surface area contributed by atoms with E-state index < -0.39 is 0 Å². The highest BCUT2D eigenvalue weighted by Crippen LogP contribution is 2.30. The second kappa shape index (κ2) is 5.80. The van der Waals surface area contributed by atoms with Gasteiger partial charge in [0.15, 0.2) is 0 Å². The Hall–Kier alpha value is -0.650. The molecule has 2 aromatic rings. The first-order chi connectivity index (χ1) is 8.19. The van der Waals surface area contributed by atoms with Crippen LogP contribution >= 0.6 is 43.5 Å². The van der Waals surface area contributed by atoms with Crippen molar-refractivity contribution in [3.8, 4) is 11.8 Å². The molecule has 0 fully saturated rings. The summed E-state index contributed by atoms with van der Waals surface area (Å²) >= 11 is 12.4. The van der Waals surface area contributed by atoms with E-state index in [0.29, 0.717) is 17.6 Å². The highest BCUT2D eigenvalue weighted by atomic mass is 79.9. The largest absolute Gasteiger partial charge is 0.423 e. The predicted octanol–water partition coefficient (Wildman–Crippen LogP) is 4.53. The summed E-state index contributed by atoms with van der Waals surface area (Å²) in [5, 5.41) is 0. The molecule has 0 aliphatic carbocycles. The third-order valence-electron chi connectivity index (χ3n) is 1.93. The average Bonchev–Trinajstić information content (AvgIpc) is 2.34. The van der Waals surface area contributed by atoms with Crippen LogP contribution in [-0.2, 0) is 5.88 Å². The summed E-state index contributed by atoms with van der Waals surface area (Å²) in [6, 6.07) is 5.89. The van der Waals surface area contributed by atoms with Crippen LogP contribution in [0.2, 0.25) is 0 Å². The zero-order valence-corrected chi connectivity index (χ0v) is 12.5. The first-order valence-corrected chi connectivity index (χ1v) is 6.81. The topological polar surface area (TPSA) is 35.0 Å². The van der Waals surface area contributed by atoms with E-state index in [-0.39, 0.29) is 0 Å². The SMILES string of the molecule is ClCc1cnc(Oc2ccc(Br)cc2Br)nc1. The van der Waals surface area contributed by atoms with Crippen molar-refractivity contribution in [2.24, 2.45) is 0 Å². The molecular formula is C11H7Br2ClN2O. The second-order valence-corrected chi connectivity index (χ2v) is 5.22. The van der Waals surface area contributed by atoms with Gasteiger partial charge in [-0.15, -0.1) is 11.6 Å². The summed E-state index contributed by atoms with van der Waals surface area (Å²) in [5.74, 6) is 1.05. The number of halogens is 3. The monoisotopic (exact) mass is 376 g/mol. The molecule has 88 valence electrons. The lowest BCUT2D eigenvalue weighted by atomic mass is 10.3. The Morgan fingerprint density at radius 2 is 1.88 bits per heavy atom. The molecule has 6 heteroatoms. The zero-order chi connectivity index (χ0) is 12.3. The molecule has 0 radical (unpaired) electrons. The van der Waals surface area contributed by atoms with E-state index in [2.05, 4.69) is 41.8 Å². The fourth-order valence-electron chi connectivity index (χ4n) is 1.12. The number of alkyl halides is 1. The Bertz CT molecular complexity index is 519. The fraction of sp³-hybridized carbons (Fsp3) is 0.0909. The Morgan fingerprint density at radius 3 is 2.47 bits per heavy atom. The summed E-state index contributed by atoms with van der Waals surface area (Å²) < 4.78 is 7.33. The number of aromatic nitrogens is 2. The van der Waals surface area contributed by atoms with Crippen LogP contribution < -0.4 is 4.74 Å². The predicted molar refractivity (Wildman–Crippen MR) is 73.5 cm³/mol. The number of benzene rings is 1. The molecule has 1 heterocycles. The lowest BCUT2D eigenvalue weighted by molar-refractivity contribution is 0.438. The van der Waals surface area contributed by atoms with Crippen molar-refractivity contribution in [1.29, 1.82) is 0 Å². The minimum absolute atomic E-state index is 0.293. The van der Waals surface area contributed by atoms with E-state index in [4.69, 9.17) is 16.3 Å². The van der Waals surface area contributed by atoms with Gasteiger partial charge in [0.1, 0.15) is 5.75 Å². The number of ether oxygens (including phenoxy) is 1. The van der Waals surface area contributed by atoms with Gasteiger partial charge in [0, 0.05) is 22.4 Å². The summed E-state index contributed by atoms with van der Waals surface area (Å²) in [7, 11) is 0. The van der Waals surface area contributed by atoms with Crippen LogP contribution in [0.25, 0.3) is 0 Å². The molecule has 0 amide bonds. The third-order valence-corrected chi connectivity index (χ3v) is 3.35. The molecule has 0 saturated heterocycles. The second-order valence-electron chi connectivity index (χ2n) is 3.18. The average molecular weight is 378 g/mol. The summed E-state index contributed by atoms with van der Waals surface area (Å²) in [6.45, 7) is 0. The van der Waals surface area contributed by atoms with Crippen LogP contribution in [0.4, 0.5) is 0 Å². The van der Waals surface area contributed by atoms with Gasteiger partial charge in [0.05, 0.1) is 10.4 Å². The van der Waals surface area contributed by atoms with Gasteiger partial charge in [-0.25, -0.2) is 9.97 Å². The van der Waals surface area contributed by atoms with E-state index in [9.17, 15) is 0 Å². The van der Waals surface area contributed by atoms with Gasteiger partial charge < -0.3 is 4.74 Å². The van der Waals surface area contributed by atoms with Crippen molar-refractivity contribution >= 4 is 43.5 Å². The molecule has 17 heavy (non-hydrogen) atoms. The smallest absolute Gasteiger partial charge is 0.321 e. The first-order valence-electron chi connectivity index (χ1n) is 4.69. The summed E-state index contributed by atoms with van der Waals surface area (Å²) in [4.78, 5) is 8.12. The Kier molecular flexibility index (Phi) is 4.36. The lowest BCUT2D eigenvalue weighted by Crippen LogP contribution is -1.93.